The highest BCUT2D eigenvalue weighted by molar-refractivity contribution is 5.34. The molecule has 2 nitrogen and oxygen atoms in total. The lowest BCUT2D eigenvalue weighted by Crippen LogP contribution is -2.53. The molecule has 1 N–H and O–H groups in total. The van der Waals surface area contributed by atoms with Crippen molar-refractivity contribution in [2.24, 2.45) is 0 Å². The second-order valence-electron chi connectivity index (χ2n) is 5.79. The Hall–Kier alpha value is -0.860. The molecule has 1 heterocycles. The topological polar surface area (TPSA) is 15.3 Å². The van der Waals surface area contributed by atoms with Crippen LogP contribution in [0.25, 0.3) is 0 Å². The molecule has 2 heteroatoms. The molecule has 98 valence electrons. The summed E-state index contributed by atoms with van der Waals surface area (Å²) in [6.45, 7) is 6.97. The van der Waals surface area contributed by atoms with E-state index >= 15 is 0 Å². The van der Waals surface area contributed by atoms with Gasteiger partial charge in [-0.05, 0) is 30.9 Å². The lowest BCUT2D eigenvalue weighted by molar-refractivity contribution is 0.0752. The van der Waals surface area contributed by atoms with Crippen LogP contribution < -0.4 is 5.32 Å². The molecule has 18 heavy (non-hydrogen) atoms. The summed E-state index contributed by atoms with van der Waals surface area (Å²) in [6.07, 6.45) is 5.46. The highest BCUT2D eigenvalue weighted by Crippen LogP contribution is 2.45. The number of aryl methyl sites for hydroxylation is 1. The maximum absolute atomic E-state index is 3.48. The zero-order valence-electron chi connectivity index (χ0n) is 11.4. The summed E-state index contributed by atoms with van der Waals surface area (Å²) < 4.78 is 0. The first kappa shape index (κ1) is 12.2. The van der Waals surface area contributed by atoms with Gasteiger partial charge in [-0.3, -0.25) is 4.90 Å². The Morgan fingerprint density at radius 2 is 1.72 bits per heavy atom. The lowest BCUT2D eigenvalue weighted by atomic mass is 9.83. The van der Waals surface area contributed by atoms with Crippen molar-refractivity contribution in [2.75, 3.05) is 26.2 Å². The van der Waals surface area contributed by atoms with E-state index in [1.54, 1.807) is 5.56 Å². The van der Waals surface area contributed by atoms with E-state index < -0.39 is 0 Å². The Morgan fingerprint density at radius 1 is 1.06 bits per heavy atom. The number of nitrogens with zero attached hydrogens (tertiary/aromatic N) is 1. The molecule has 2 aliphatic rings. The van der Waals surface area contributed by atoms with Crippen LogP contribution in [0.2, 0.25) is 0 Å². The van der Waals surface area contributed by atoms with Crippen LogP contribution >= 0.6 is 0 Å². The third-order valence-corrected chi connectivity index (χ3v) is 4.80. The van der Waals surface area contributed by atoms with Crippen LogP contribution in [0.1, 0.15) is 36.8 Å². The molecular formula is C16H24N2. The molecule has 0 aromatic heterocycles. The Bertz CT molecular complexity index is 401. The van der Waals surface area contributed by atoms with E-state index in [9.17, 15) is 0 Å². The SMILES string of the molecule is Cc1ccccc1C1(N2CCNCC2)CCCC1. The number of nitrogens with one attached hydrogen (secondary N) is 1. The summed E-state index contributed by atoms with van der Waals surface area (Å²) in [7, 11) is 0. The zero-order chi connectivity index (χ0) is 12.4. The van der Waals surface area contributed by atoms with E-state index in [0.29, 0.717) is 5.54 Å². The zero-order valence-corrected chi connectivity index (χ0v) is 11.4. The van der Waals surface area contributed by atoms with Crippen molar-refractivity contribution in [1.82, 2.24) is 10.2 Å². The van der Waals surface area contributed by atoms with Gasteiger partial charge in [0, 0.05) is 31.7 Å². The minimum atomic E-state index is 0.341. The normalized spacial score (nSPS) is 24.3. The summed E-state index contributed by atoms with van der Waals surface area (Å²) in [5.74, 6) is 0. The molecule has 1 aliphatic carbocycles. The Morgan fingerprint density at radius 3 is 2.39 bits per heavy atom. The summed E-state index contributed by atoms with van der Waals surface area (Å²) in [6, 6.07) is 9.02. The molecule has 1 saturated heterocycles. The number of benzene rings is 1. The first-order valence-corrected chi connectivity index (χ1v) is 7.35. The minimum Gasteiger partial charge on any atom is -0.314 e. The molecule has 0 amide bonds. The van der Waals surface area contributed by atoms with Gasteiger partial charge in [0.15, 0.2) is 0 Å². The Labute approximate surface area is 110 Å². The third-order valence-electron chi connectivity index (χ3n) is 4.80. The van der Waals surface area contributed by atoms with Gasteiger partial charge < -0.3 is 5.32 Å². The summed E-state index contributed by atoms with van der Waals surface area (Å²) >= 11 is 0. The maximum atomic E-state index is 3.48. The molecule has 0 atom stereocenters. The molecule has 0 radical (unpaired) electrons. The van der Waals surface area contributed by atoms with Gasteiger partial charge in [0.05, 0.1) is 0 Å². The van der Waals surface area contributed by atoms with Gasteiger partial charge in [-0.2, -0.15) is 0 Å². The molecular weight excluding hydrogens is 220 g/mol. The van der Waals surface area contributed by atoms with Crippen molar-refractivity contribution in [2.45, 2.75) is 38.1 Å². The molecule has 1 aromatic carbocycles. The largest absolute Gasteiger partial charge is 0.314 e. The molecule has 1 saturated carbocycles. The minimum absolute atomic E-state index is 0.341. The van der Waals surface area contributed by atoms with Gasteiger partial charge in [-0.25, -0.2) is 0 Å². The van der Waals surface area contributed by atoms with Crippen molar-refractivity contribution in [3.8, 4) is 0 Å². The fourth-order valence-electron chi connectivity index (χ4n) is 3.90. The van der Waals surface area contributed by atoms with Gasteiger partial charge in [0.1, 0.15) is 0 Å². The smallest absolute Gasteiger partial charge is 0.0464 e. The van der Waals surface area contributed by atoms with Gasteiger partial charge >= 0.3 is 0 Å². The molecule has 1 aromatic rings. The predicted molar refractivity (Wildman–Crippen MR) is 75.8 cm³/mol. The molecule has 1 aliphatic heterocycles. The van der Waals surface area contributed by atoms with Crippen molar-refractivity contribution in [3.63, 3.8) is 0 Å². The van der Waals surface area contributed by atoms with Gasteiger partial charge in [0.25, 0.3) is 0 Å². The van der Waals surface area contributed by atoms with Crippen molar-refractivity contribution < 1.29 is 0 Å². The van der Waals surface area contributed by atoms with E-state index in [2.05, 4.69) is 41.4 Å². The van der Waals surface area contributed by atoms with E-state index in [1.807, 2.05) is 0 Å². The molecule has 0 bridgehead atoms. The highest BCUT2D eigenvalue weighted by Gasteiger charge is 2.41. The number of hydrogen-bond acceptors (Lipinski definition) is 2. The Balaban J connectivity index is 1.98. The monoisotopic (exact) mass is 244 g/mol. The fraction of sp³-hybridized carbons (Fsp3) is 0.625. The highest BCUT2D eigenvalue weighted by atomic mass is 15.2. The first-order chi connectivity index (χ1) is 8.83. The third kappa shape index (κ3) is 1.98. The van der Waals surface area contributed by atoms with Gasteiger partial charge in [0.2, 0.25) is 0 Å². The van der Waals surface area contributed by atoms with Crippen LogP contribution in [0.15, 0.2) is 24.3 Å². The predicted octanol–water partition coefficient (Wildman–Crippen LogP) is 2.67. The molecule has 2 fully saturated rings. The van der Waals surface area contributed by atoms with E-state index in [4.69, 9.17) is 0 Å². The number of piperazine rings is 1. The standard InChI is InChI=1S/C16H24N2/c1-14-6-2-3-7-15(14)16(8-4-5-9-16)18-12-10-17-11-13-18/h2-3,6-7,17H,4-5,8-13H2,1H3. The van der Waals surface area contributed by atoms with Crippen LogP contribution in [0.4, 0.5) is 0 Å². The van der Waals surface area contributed by atoms with Crippen molar-refractivity contribution in [1.29, 1.82) is 0 Å². The van der Waals surface area contributed by atoms with Crippen LogP contribution in [0, 0.1) is 6.92 Å². The summed E-state index contributed by atoms with van der Waals surface area (Å²) in [5.41, 5.74) is 3.40. The van der Waals surface area contributed by atoms with Crippen molar-refractivity contribution in [3.05, 3.63) is 35.4 Å². The summed E-state index contributed by atoms with van der Waals surface area (Å²) in [5, 5.41) is 3.48. The van der Waals surface area contributed by atoms with Crippen LogP contribution in [-0.4, -0.2) is 31.1 Å². The number of rotatable bonds is 2. The molecule has 0 unspecified atom stereocenters. The second-order valence-corrected chi connectivity index (χ2v) is 5.79. The Kier molecular flexibility index (Phi) is 3.40. The van der Waals surface area contributed by atoms with Gasteiger partial charge in [-0.1, -0.05) is 37.1 Å². The first-order valence-electron chi connectivity index (χ1n) is 7.35. The molecule has 0 spiro atoms. The summed E-state index contributed by atoms with van der Waals surface area (Å²) in [4.78, 5) is 2.75. The average Bonchev–Trinajstić information content (AvgIpc) is 2.91. The van der Waals surface area contributed by atoms with Crippen LogP contribution in [0.5, 0.6) is 0 Å². The molecule has 3 rings (SSSR count). The lowest BCUT2D eigenvalue weighted by Gasteiger charge is -2.45. The quantitative estimate of drug-likeness (QED) is 0.860. The number of hydrogen-bond donors (Lipinski definition) is 1. The van der Waals surface area contributed by atoms with Crippen LogP contribution in [0.3, 0.4) is 0 Å². The van der Waals surface area contributed by atoms with E-state index in [0.717, 1.165) is 13.1 Å². The fourth-order valence-corrected chi connectivity index (χ4v) is 3.90. The average molecular weight is 244 g/mol. The van der Waals surface area contributed by atoms with Crippen LogP contribution in [-0.2, 0) is 5.54 Å². The van der Waals surface area contributed by atoms with E-state index in [1.165, 1.54) is 44.3 Å². The van der Waals surface area contributed by atoms with Gasteiger partial charge in [-0.15, -0.1) is 0 Å². The van der Waals surface area contributed by atoms with E-state index in [-0.39, 0.29) is 0 Å². The maximum Gasteiger partial charge on any atom is 0.0464 e. The van der Waals surface area contributed by atoms with Crippen molar-refractivity contribution >= 4 is 0 Å². The second kappa shape index (κ2) is 5.02.